The van der Waals surface area contributed by atoms with Crippen molar-refractivity contribution < 1.29 is 22.2 Å². The van der Waals surface area contributed by atoms with Crippen LogP contribution in [0.15, 0.2) is 73.3 Å². The van der Waals surface area contributed by atoms with E-state index < -0.39 is 0 Å². The summed E-state index contributed by atoms with van der Waals surface area (Å²) in [7, 11) is 0. The molecule has 6 rings (SSSR count). The van der Waals surface area contributed by atoms with E-state index in [1.807, 2.05) is 48.8 Å². The van der Waals surface area contributed by atoms with Gasteiger partial charge in [0.2, 0.25) is 0 Å². The van der Waals surface area contributed by atoms with Crippen LogP contribution in [0.4, 0.5) is 0 Å². The second-order valence-corrected chi connectivity index (χ2v) is 6.38. The summed E-state index contributed by atoms with van der Waals surface area (Å²) in [6, 6.07) is 14.7. The Morgan fingerprint density at radius 3 is 1.92 bits per heavy atom. The number of aromatic nitrogens is 14. The number of pyridine rings is 2. The Bertz CT molecular complexity index is 1180. The summed E-state index contributed by atoms with van der Waals surface area (Å²) in [5, 5.41) is 44.4. The third kappa shape index (κ3) is 6.69. The van der Waals surface area contributed by atoms with Crippen LogP contribution in [-0.4, -0.2) is 72.2 Å². The van der Waals surface area contributed by atoms with Gasteiger partial charge < -0.3 is 15.3 Å². The molecule has 0 fully saturated rings. The molecule has 0 spiro atoms. The number of aliphatic hydroxyl groups is 1. The van der Waals surface area contributed by atoms with Crippen molar-refractivity contribution in [1.82, 2.24) is 70.8 Å². The van der Waals surface area contributed by atoms with E-state index in [9.17, 15) is 0 Å². The normalized spacial score (nSPS) is 9.83. The van der Waals surface area contributed by atoms with E-state index in [1.54, 1.807) is 40.8 Å². The van der Waals surface area contributed by atoms with Crippen LogP contribution < -0.4 is 10.3 Å². The van der Waals surface area contributed by atoms with Crippen LogP contribution in [0, 0.1) is 0 Å². The van der Waals surface area contributed by atoms with Crippen LogP contribution in [0.5, 0.6) is 0 Å². The SMILES string of the molecule is CCO.[Fe+2].c1cc(-c2nn[n-]n2)nc(-n2cccn2)c1.c1cc(-c2nnn[n-]2)nc(-n2cccn2)c1. The first-order valence-corrected chi connectivity index (χ1v) is 10.2. The van der Waals surface area contributed by atoms with Gasteiger partial charge in [-0.2, -0.15) is 15.4 Å². The zero-order valence-corrected chi connectivity index (χ0v) is 19.8. The van der Waals surface area contributed by atoms with E-state index in [0.29, 0.717) is 34.7 Å². The standard InChI is InChI=1S/2C9H6N7.C2H6O.Fe/c2*1-3-7(9-12-14-15-13-9)11-8(4-1)16-6-2-5-10-16;1-2-3;/h2*1-6H;3H,2H2,1H3;/q2*-1;;+2. The predicted octanol–water partition coefficient (Wildman–Crippen LogP) is 0.149. The van der Waals surface area contributed by atoms with Crippen molar-refractivity contribution in [1.29, 1.82) is 0 Å². The van der Waals surface area contributed by atoms with E-state index in [4.69, 9.17) is 5.11 Å². The zero-order chi connectivity index (χ0) is 24.3. The molecule has 0 radical (unpaired) electrons. The summed E-state index contributed by atoms with van der Waals surface area (Å²) in [5.41, 5.74) is 1.25. The Morgan fingerprint density at radius 2 is 1.42 bits per heavy atom. The van der Waals surface area contributed by atoms with Gasteiger partial charge in [-0.3, -0.25) is 20.7 Å². The molecule has 182 valence electrons. The topological polar surface area (TPSA) is 187 Å². The maximum Gasteiger partial charge on any atom is 2.00 e. The Morgan fingerprint density at radius 1 is 0.806 bits per heavy atom. The summed E-state index contributed by atoms with van der Waals surface area (Å²) in [5.74, 6) is 2.22. The number of nitrogens with zero attached hydrogens (tertiary/aromatic N) is 14. The zero-order valence-electron chi connectivity index (χ0n) is 18.7. The molecule has 15 nitrogen and oxygen atoms in total. The summed E-state index contributed by atoms with van der Waals surface area (Å²) in [6.07, 6.45) is 7.01. The summed E-state index contributed by atoms with van der Waals surface area (Å²) in [6.45, 7) is 1.93. The molecule has 0 amide bonds. The number of tetrazole rings is 2. The van der Waals surface area contributed by atoms with E-state index in [0.717, 1.165) is 0 Å². The molecule has 0 aliphatic rings. The molecule has 0 aliphatic carbocycles. The Balaban J connectivity index is 0.000000177. The molecule has 0 unspecified atom stereocenters. The second-order valence-electron chi connectivity index (χ2n) is 6.38. The van der Waals surface area contributed by atoms with Gasteiger partial charge in [0.25, 0.3) is 0 Å². The number of hydrogen-bond acceptors (Lipinski definition) is 11. The molecule has 0 aliphatic heterocycles. The fraction of sp³-hybridized carbons (Fsp3) is 0.100. The molecule has 1 N–H and O–H groups in total. The summed E-state index contributed by atoms with van der Waals surface area (Å²) < 4.78 is 3.32. The molecule has 6 heterocycles. The van der Waals surface area contributed by atoms with Gasteiger partial charge in [-0.05, 0) is 43.3 Å². The summed E-state index contributed by atoms with van der Waals surface area (Å²) >= 11 is 0. The van der Waals surface area contributed by atoms with Crippen LogP contribution in [0.3, 0.4) is 0 Å². The maximum absolute atomic E-state index is 7.57. The molecule has 0 atom stereocenters. The van der Waals surface area contributed by atoms with Crippen molar-refractivity contribution in [2.75, 3.05) is 6.61 Å². The van der Waals surface area contributed by atoms with Crippen molar-refractivity contribution in [3.05, 3.63) is 73.3 Å². The predicted molar refractivity (Wildman–Crippen MR) is 120 cm³/mol. The van der Waals surface area contributed by atoms with Crippen molar-refractivity contribution in [2.45, 2.75) is 6.92 Å². The molecule has 0 bridgehead atoms. The van der Waals surface area contributed by atoms with Gasteiger partial charge >= 0.3 is 17.1 Å². The van der Waals surface area contributed by atoms with Gasteiger partial charge in [0.05, 0.1) is 23.0 Å². The minimum absolute atomic E-state index is 0. The minimum atomic E-state index is 0. The van der Waals surface area contributed by atoms with Gasteiger partial charge in [-0.25, -0.2) is 24.4 Å². The largest absolute Gasteiger partial charge is 2.00 e. The van der Waals surface area contributed by atoms with Crippen LogP contribution >= 0.6 is 0 Å². The first-order valence-electron chi connectivity index (χ1n) is 10.2. The second kappa shape index (κ2) is 13.3. The van der Waals surface area contributed by atoms with Gasteiger partial charge in [0.15, 0.2) is 11.6 Å². The molecular weight excluding hydrogens is 508 g/mol. The quantitative estimate of drug-likeness (QED) is 0.306. The Labute approximate surface area is 214 Å². The van der Waals surface area contributed by atoms with Crippen molar-refractivity contribution >= 4 is 0 Å². The van der Waals surface area contributed by atoms with Crippen LogP contribution in [-0.2, 0) is 17.1 Å². The molecule has 36 heavy (non-hydrogen) atoms. The first-order chi connectivity index (χ1) is 17.3. The summed E-state index contributed by atoms with van der Waals surface area (Å²) in [4.78, 5) is 8.71. The van der Waals surface area contributed by atoms with E-state index in [1.165, 1.54) is 0 Å². The molecule has 6 aromatic heterocycles. The Hall–Kier alpha value is -4.66. The maximum atomic E-state index is 7.57. The van der Waals surface area contributed by atoms with Gasteiger partial charge in [-0.15, -0.1) is 0 Å². The number of rotatable bonds is 4. The number of aliphatic hydroxyl groups excluding tert-OH is 1. The smallest absolute Gasteiger partial charge is 0.397 e. The third-order valence-corrected chi connectivity index (χ3v) is 4.04. The van der Waals surface area contributed by atoms with E-state index >= 15 is 0 Å². The van der Waals surface area contributed by atoms with E-state index in [-0.39, 0.29) is 23.7 Å². The minimum Gasteiger partial charge on any atom is -0.397 e. The van der Waals surface area contributed by atoms with Gasteiger partial charge in [0, 0.05) is 31.4 Å². The molecule has 16 heteroatoms. The average Bonchev–Trinajstić information content (AvgIpc) is 3.74. The van der Waals surface area contributed by atoms with Crippen LogP contribution in [0.2, 0.25) is 0 Å². The average molecular weight is 526 g/mol. The molecule has 6 aromatic rings. The van der Waals surface area contributed by atoms with E-state index in [2.05, 4.69) is 61.4 Å². The fourth-order valence-corrected chi connectivity index (χ4v) is 2.65. The molecule has 0 saturated heterocycles. The van der Waals surface area contributed by atoms with Gasteiger partial charge in [0.1, 0.15) is 0 Å². The van der Waals surface area contributed by atoms with Crippen molar-refractivity contribution in [2.24, 2.45) is 0 Å². The Kier molecular flexibility index (Phi) is 9.58. The molecule has 0 saturated carbocycles. The van der Waals surface area contributed by atoms with Crippen molar-refractivity contribution in [3.8, 4) is 34.7 Å². The van der Waals surface area contributed by atoms with Crippen molar-refractivity contribution in [3.63, 3.8) is 0 Å². The third-order valence-electron chi connectivity index (χ3n) is 4.04. The van der Waals surface area contributed by atoms with Crippen LogP contribution in [0.1, 0.15) is 6.92 Å². The van der Waals surface area contributed by atoms with Gasteiger partial charge in [-0.1, -0.05) is 12.1 Å². The monoisotopic (exact) mass is 526 g/mol. The number of hydrogen-bond donors (Lipinski definition) is 1. The van der Waals surface area contributed by atoms with Crippen LogP contribution in [0.25, 0.3) is 34.7 Å². The molecular formula is C20H18FeN14O. The fourth-order valence-electron chi connectivity index (χ4n) is 2.65. The molecule has 0 aromatic carbocycles. The first kappa shape index (κ1) is 26.0.